The molecule has 0 bridgehead atoms. The number of anilines is 2. The largest absolute Gasteiger partial charge is 0.378 e. The van der Waals surface area contributed by atoms with Crippen molar-refractivity contribution in [2.45, 2.75) is 20.0 Å². The second-order valence-corrected chi connectivity index (χ2v) is 8.11. The van der Waals surface area contributed by atoms with E-state index in [4.69, 9.17) is 9.47 Å². The zero-order chi connectivity index (χ0) is 20.1. The smallest absolute Gasteiger partial charge is 0.0642 e. The minimum absolute atomic E-state index is 0.818. The normalized spacial score (nSPS) is 17.8. The molecular weight excluding hydrogens is 362 g/mol. The molecule has 4 rings (SSSR count). The standard InChI is InChI=1S/C24H33N3O2/c1-20-17-23(26-9-13-28-14-10-26)8-7-21(20)18-25(2)19-22-5-3-4-6-24(22)27-11-15-29-16-12-27/h3-8,17H,9-16,18-19H2,1-2H3. The maximum atomic E-state index is 5.53. The molecule has 2 saturated heterocycles. The zero-order valence-electron chi connectivity index (χ0n) is 17.8. The van der Waals surface area contributed by atoms with E-state index < -0.39 is 0 Å². The van der Waals surface area contributed by atoms with Crippen LogP contribution in [0.1, 0.15) is 16.7 Å². The minimum Gasteiger partial charge on any atom is -0.378 e. The lowest BCUT2D eigenvalue weighted by Gasteiger charge is -2.31. The summed E-state index contributed by atoms with van der Waals surface area (Å²) < 4.78 is 11.0. The summed E-state index contributed by atoms with van der Waals surface area (Å²) in [7, 11) is 2.21. The molecule has 0 aromatic heterocycles. The lowest BCUT2D eigenvalue weighted by atomic mass is 10.1. The Bertz CT molecular complexity index is 798. The maximum absolute atomic E-state index is 5.53. The lowest BCUT2D eigenvalue weighted by molar-refractivity contribution is 0.122. The van der Waals surface area contributed by atoms with Crippen LogP contribution < -0.4 is 9.80 Å². The Morgan fingerprint density at radius 3 is 2.10 bits per heavy atom. The topological polar surface area (TPSA) is 28.2 Å². The fraction of sp³-hybridized carbons (Fsp3) is 0.500. The molecule has 2 aromatic rings. The monoisotopic (exact) mass is 395 g/mol. The predicted molar refractivity (Wildman–Crippen MR) is 119 cm³/mol. The summed E-state index contributed by atoms with van der Waals surface area (Å²) in [5.74, 6) is 0. The minimum atomic E-state index is 0.818. The first-order valence-electron chi connectivity index (χ1n) is 10.7. The molecule has 29 heavy (non-hydrogen) atoms. The van der Waals surface area contributed by atoms with E-state index in [1.807, 2.05) is 0 Å². The maximum Gasteiger partial charge on any atom is 0.0642 e. The zero-order valence-corrected chi connectivity index (χ0v) is 17.8. The Balaban J connectivity index is 1.41. The number of hydrogen-bond acceptors (Lipinski definition) is 5. The molecule has 0 spiro atoms. The van der Waals surface area contributed by atoms with Crippen LogP contribution in [0.15, 0.2) is 42.5 Å². The summed E-state index contributed by atoms with van der Waals surface area (Å²) in [5, 5.41) is 0. The summed E-state index contributed by atoms with van der Waals surface area (Å²) in [6, 6.07) is 15.7. The van der Waals surface area contributed by atoms with Gasteiger partial charge in [0.15, 0.2) is 0 Å². The van der Waals surface area contributed by atoms with Crippen LogP contribution in [-0.4, -0.2) is 64.6 Å². The molecule has 0 amide bonds. The summed E-state index contributed by atoms with van der Waals surface area (Å²) in [6.07, 6.45) is 0. The highest BCUT2D eigenvalue weighted by Gasteiger charge is 2.16. The molecule has 5 nitrogen and oxygen atoms in total. The summed E-state index contributed by atoms with van der Waals surface area (Å²) in [6.45, 7) is 11.3. The fourth-order valence-corrected chi connectivity index (χ4v) is 4.27. The number of rotatable bonds is 6. The Kier molecular flexibility index (Phi) is 6.70. The van der Waals surface area contributed by atoms with E-state index in [0.29, 0.717) is 0 Å². The van der Waals surface area contributed by atoms with Crippen molar-refractivity contribution in [2.75, 3.05) is 69.5 Å². The van der Waals surface area contributed by atoms with Crippen molar-refractivity contribution < 1.29 is 9.47 Å². The van der Waals surface area contributed by atoms with E-state index in [2.05, 4.69) is 71.1 Å². The van der Waals surface area contributed by atoms with E-state index in [1.54, 1.807) is 0 Å². The molecule has 0 saturated carbocycles. The highest BCUT2D eigenvalue weighted by atomic mass is 16.5. The van der Waals surface area contributed by atoms with Crippen molar-refractivity contribution in [1.82, 2.24) is 4.90 Å². The fourth-order valence-electron chi connectivity index (χ4n) is 4.27. The molecule has 2 aliphatic heterocycles. The van der Waals surface area contributed by atoms with Crippen LogP contribution in [0.25, 0.3) is 0 Å². The van der Waals surface area contributed by atoms with Gasteiger partial charge in [-0.05, 0) is 48.9 Å². The van der Waals surface area contributed by atoms with Gasteiger partial charge in [0.25, 0.3) is 0 Å². The van der Waals surface area contributed by atoms with Gasteiger partial charge in [0.2, 0.25) is 0 Å². The number of para-hydroxylation sites is 1. The predicted octanol–water partition coefficient (Wildman–Crippen LogP) is 3.30. The summed E-state index contributed by atoms with van der Waals surface area (Å²) >= 11 is 0. The Hall–Kier alpha value is -2.08. The molecule has 0 atom stereocenters. The molecule has 5 heteroatoms. The van der Waals surface area contributed by atoms with E-state index in [0.717, 1.165) is 65.7 Å². The first kappa shape index (κ1) is 20.2. The molecule has 156 valence electrons. The van der Waals surface area contributed by atoms with Crippen molar-refractivity contribution in [1.29, 1.82) is 0 Å². The van der Waals surface area contributed by atoms with Crippen molar-refractivity contribution in [3.8, 4) is 0 Å². The molecule has 2 aromatic carbocycles. The highest BCUT2D eigenvalue weighted by molar-refractivity contribution is 5.54. The second-order valence-electron chi connectivity index (χ2n) is 8.11. The summed E-state index contributed by atoms with van der Waals surface area (Å²) in [4.78, 5) is 7.29. The van der Waals surface area contributed by atoms with Crippen LogP contribution in [0.2, 0.25) is 0 Å². The van der Waals surface area contributed by atoms with Gasteiger partial charge in [-0.2, -0.15) is 0 Å². The van der Waals surface area contributed by atoms with Gasteiger partial charge in [0, 0.05) is 50.6 Å². The van der Waals surface area contributed by atoms with Gasteiger partial charge in [0.05, 0.1) is 26.4 Å². The first-order chi connectivity index (χ1) is 14.2. The third-order valence-corrected chi connectivity index (χ3v) is 5.93. The molecule has 0 N–H and O–H groups in total. The van der Waals surface area contributed by atoms with Gasteiger partial charge in [-0.25, -0.2) is 0 Å². The number of aryl methyl sites for hydroxylation is 1. The van der Waals surface area contributed by atoms with Gasteiger partial charge in [-0.3, -0.25) is 4.90 Å². The van der Waals surface area contributed by atoms with Crippen LogP contribution in [0.3, 0.4) is 0 Å². The number of nitrogens with zero attached hydrogens (tertiary/aromatic N) is 3. The summed E-state index contributed by atoms with van der Waals surface area (Å²) in [5.41, 5.74) is 6.81. The number of hydrogen-bond donors (Lipinski definition) is 0. The van der Waals surface area contributed by atoms with Crippen molar-refractivity contribution in [3.63, 3.8) is 0 Å². The van der Waals surface area contributed by atoms with Gasteiger partial charge in [0.1, 0.15) is 0 Å². The van der Waals surface area contributed by atoms with Crippen LogP contribution in [0, 0.1) is 6.92 Å². The second kappa shape index (κ2) is 9.61. The lowest BCUT2D eigenvalue weighted by Crippen LogP contribution is -2.37. The van der Waals surface area contributed by atoms with E-state index in [1.165, 1.54) is 28.1 Å². The van der Waals surface area contributed by atoms with Crippen LogP contribution in [0.4, 0.5) is 11.4 Å². The molecule has 2 heterocycles. The third-order valence-electron chi connectivity index (χ3n) is 5.93. The van der Waals surface area contributed by atoms with Gasteiger partial charge in [-0.15, -0.1) is 0 Å². The van der Waals surface area contributed by atoms with E-state index >= 15 is 0 Å². The number of benzene rings is 2. The SMILES string of the molecule is Cc1cc(N2CCOCC2)ccc1CN(C)Cc1ccccc1N1CCOCC1. The number of morpholine rings is 2. The Labute approximate surface area is 174 Å². The van der Waals surface area contributed by atoms with Gasteiger partial charge < -0.3 is 19.3 Å². The quantitative estimate of drug-likeness (QED) is 0.748. The Morgan fingerprint density at radius 2 is 1.41 bits per heavy atom. The molecule has 0 unspecified atom stereocenters. The number of ether oxygens (including phenoxy) is 2. The van der Waals surface area contributed by atoms with Crippen LogP contribution in [-0.2, 0) is 22.6 Å². The highest BCUT2D eigenvalue weighted by Crippen LogP contribution is 2.25. The van der Waals surface area contributed by atoms with Crippen LogP contribution >= 0.6 is 0 Å². The third kappa shape index (κ3) is 5.10. The van der Waals surface area contributed by atoms with E-state index in [9.17, 15) is 0 Å². The average molecular weight is 396 g/mol. The van der Waals surface area contributed by atoms with Gasteiger partial charge >= 0.3 is 0 Å². The molecule has 2 fully saturated rings. The van der Waals surface area contributed by atoms with Crippen molar-refractivity contribution in [3.05, 3.63) is 59.2 Å². The van der Waals surface area contributed by atoms with Crippen molar-refractivity contribution in [2.24, 2.45) is 0 Å². The van der Waals surface area contributed by atoms with Crippen LogP contribution in [0.5, 0.6) is 0 Å². The van der Waals surface area contributed by atoms with Crippen molar-refractivity contribution >= 4 is 11.4 Å². The Morgan fingerprint density at radius 1 is 0.793 bits per heavy atom. The van der Waals surface area contributed by atoms with E-state index in [-0.39, 0.29) is 0 Å². The first-order valence-corrected chi connectivity index (χ1v) is 10.7. The average Bonchev–Trinajstić information content (AvgIpc) is 2.77. The molecule has 0 aliphatic carbocycles. The molecular formula is C24H33N3O2. The molecule has 0 radical (unpaired) electrons. The molecule has 2 aliphatic rings. The van der Waals surface area contributed by atoms with Gasteiger partial charge in [-0.1, -0.05) is 24.3 Å².